The number of carbonyl (C=O) groups excluding carboxylic acids is 1. The fraction of sp³-hybridized carbons (Fsp3) is 0.833. The third-order valence-corrected chi connectivity index (χ3v) is 1.80. The van der Waals surface area contributed by atoms with Gasteiger partial charge in [-0.15, -0.1) is 0 Å². The lowest BCUT2D eigenvalue weighted by Gasteiger charge is -2.12. The first-order chi connectivity index (χ1) is 4.70. The Morgan fingerprint density at radius 2 is 2.20 bits per heavy atom. The number of nitrogens with one attached hydrogen (secondary N) is 1. The molecule has 0 fully saturated rings. The number of hydrogen-bond acceptors (Lipinski definition) is 3. The normalized spacial score (nSPS) is 12.7. The smallest absolute Gasteiger partial charge is 0.217 e. The van der Waals surface area contributed by atoms with Crippen molar-refractivity contribution in [1.82, 2.24) is 5.32 Å². The summed E-state index contributed by atoms with van der Waals surface area (Å²) in [5.41, 5.74) is 0. The molecule has 1 amide bonds. The molecule has 0 saturated carbocycles. The second kappa shape index (κ2) is 5.92. The third-order valence-electron chi connectivity index (χ3n) is 1.11. The Hall–Kier alpha value is 0.170. The summed E-state index contributed by atoms with van der Waals surface area (Å²) in [4.78, 5) is 10.5. The highest BCUT2D eigenvalue weighted by atomic mass is 32.1. The van der Waals surface area contributed by atoms with E-state index < -0.39 is 0 Å². The largest absolute Gasteiger partial charge is 0.353 e. The number of rotatable bonds is 4. The molecule has 0 radical (unpaired) electrons. The van der Waals surface area contributed by atoms with Gasteiger partial charge in [-0.25, -0.2) is 0 Å². The molecule has 0 aromatic heterocycles. The topological polar surface area (TPSA) is 29.1 Å². The molecule has 0 aliphatic heterocycles. The van der Waals surface area contributed by atoms with E-state index >= 15 is 0 Å². The van der Waals surface area contributed by atoms with Crippen LogP contribution in [0.25, 0.3) is 0 Å². The molecule has 0 saturated heterocycles. The van der Waals surface area contributed by atoms with Crippen LogP contribution in [0.5, 0.6) is 0 Å². The highest BCUT2D eigenvalue weighted by Crippen LogP contribution is 1.95. The van der Waals surface area contributed by atoms with E-state index in [-0.39, 0.29) is 11.9 Å². The molecule has 4 heteroatoms. The second-order valence-corrected chi connectivity index (χ2v) is 2.90. The molecule has 60 valence electrons. The molecule has 0 aromatic carbocycles. The van der Waals surface area contributed by atoms with E-state index in [1.54, 1.807) is 0 Å². The summed E-state index contributed by atoms with van der Waals surface area (Å²) >= 11 is 8.13. The summed E-state index contributed by atoms with van der Waals surface area (Å²) in [5.74, 6) is 1.46. The first-order valence-corrected chi connectivity index (χ1v) is 4.46. The van der Waals surface area contributed by atoms with E-state index in [4.69, 9.17) is 0 Å². The van der Waals surface area contributed by atoms with Crippen LogP contribution in [0, 0.1) is 0 Å². The minimum Gasteiger partial charge on any atom is -0.353 e. The molecule has 1 atom stereocenters. The maximum absolute atomic E-state index is 10.5. The van der Waals surface area contributed by atoms with E-state index in [1.165, 1.54) is 6.92 Å². The quantitative estimate of drug-likeness (QED) is 0.546. The fourth-order valence-electron chi connectivity index (χ4n) is 0.652. The van der Waals surface area contributed by atoms with Crippen molar-refractivity contribution in [3.05, 3.63) is 0 Å². The summed E-state index contributed by atoms with van der Waals surface area (Å²) in [6, 6.07) is 0.179. The Balaban J connectivity index is 3.49. The minimum absolute atomic E-state index is 0.000772. The van der Waals surface area contributed by atoms with Crippen molar-refractivity contribution in [2.45, 2.75) is 19.4 Å². The Labute approximate surface area is 72.6 Å². The lowest BCUT2D eigenvalue weighted by atomic mass is 10.2. The summed E-state index contributed by atoms with van der Waals surface area (Å²) < 4.78 is 0. The lowest BCUT2D eigenvalue weighted by molar-refractivity contribution is -0.119. The van der Waals surface area contributed by atoms with Gasteiger partial charge in [-0.3, -0.25) is 4.79 Å². The maximum Gasteiger partial charge on any atom is 0.217 e. The van der Waals surface area contributed by atoms with E-state index in [0.717, 1.165) is 12.2 Å². The van der Waals surface area contributed by atoms with Crippen LogP contribution in [0.3, 0.4) is 0 Å². The summed E-state index contributed by atoms with van der Waals surface area (Å²) in [6.45, 7) is 1.51. The average molecular weight is 179 g/mol. The first kappa shape index (κ1) is 10.2. The van der Waals surface area contributed by atoms with E-state index in [0.29, 0.717) is 5.75 Å². The molecule has 0 bridgehead atoms. The molecule has 0 aliphatic carbocycles. The van der Waals surface area contributed by atoms with Crippen molar-refractivity contribution in [3.63, 3.8) is 0 Å². The molecule has 2 nitrogen and oxygen atoms in total. The van der Waals surface area contributed by atoms with Crippen molar-refractivity contribution < 1.29 is 4.79 Å². The van der Waals surface area contributed by atoms with Gasteiger partial charge in [0.15, 0.2) is 0 Å². The molecule has 0 rings (SSSR count). The standard InChI is InChI=1S/C6H13NOS2/c1-5(8)7-6(4-10)2-3-9/h6,9-10H,2-4H2,1H3,(H,7,8)/t6-/m0/s1. The highest BCUT2D eigenvalue weighted by molar-refractivity contribution is 7.80. The summed E-state index contributed by atoms with van der Waals surface area (Å²) in [6.07, 6.45) is 0.881. The van der Waals surface area contributed by atoms with Crippen molar-refractivity contribution in [2.24, 2.45) is 0 Å². The van der Waals surface area contributed by atoms with Crippen molar-refractivity contribution in [3.8, 4) is 0 Å². The van der Waals surface area contributed by atoms with Gasteiger partial charge in [0.2, 0.25) is 5.91 Å². The SMILES string of the molecule is CC(=O)N[C@H](CS)CCS. The Morgan fingerprint density at radius 1 is 1.60 bits per heavy atom. The number of amides is 1. The predicted molar refractivity (Wildman–Crippen MR) is 49.9 cm³/mol. The van der Waals surface area contributed by atoms with Gasteiger partial charge in [0.1, 0.15) is 0 Å². The van der Waals surface area contributed by atoms with Gasteiger partial charge in [-0.05, 0) is 12.2 Å². The molecule has 0 unspecified atom stereocenters. The average Bonchev–Trinajstić information content (AvgIpc) is 1.86. The molecule has 0 spiro atoms. The van der Waals surface area contributed by atoms with Gasteiger partial charge in [0, 0.05) is 18.7 Å². The maximum atomic E-state index is 10.5. The van der Waals surface area contributed by atoms with E-state index in [2.05, 4.69) is 30.6 Å². The van der Waals surface area contributed by atoms with Crippen LogP contribution < -0.4 is 5.32 Å². The molecule has 1 N–H and O–H groups in total. The summed E-state index contributed by atoms with van der Waals surface area (Å²) in [7, 11) is 0. The molecule has 0 aliphatic rings. The molecular weight excluding hydrogens is 166 g/mol. The van der Waals surface area contributed by atoms with Crippen LogP contribution in [0.2, 0.25) is 0 Å². The van der Waals surface area contributed by atoms with Crippen LogP contribution in [-0.2, 0) is 4.79 Å². The van der Waals surface area contributed by atoms with Gasteiger partial charge in [-0.2, -0.15) is 25.3 Å². The number of hydrogen-bond donors (Lipinski definition) is 3. The van der Waals surface area contributed by atoms with Crippen molar-refractivity contribution in [1.29, 1.82) is 0 Å². The monoisotopic (exact) mass is 179 g/mol. The van der Waals surface area contributed by atoms with Crippen LogP contribution in [-0.4, -0.2) is 23.5 Å². The number of carbonyl (C=O) groups is 1. The van der Waals surface area contributed by atoms with Gasteiger partial charge in [0.05, 0.1) is 0 Å². The van der Waals surface area contributed by atoms with Crippen LogP contribution in [0.15, 0.2) is 0 Å². The third kappa shape index (κ3) is 4.99. The Bertz CT molecular complexity index is 108. The van der Waals surface area contributed by atoms with Crippen LogP contribution in [0.1, 0.15) is 13.3 Å². The number of thiol groups is 2. The highest BCUT2D eigenvalue weighted by Gasteiger charge is 2.04. The van der Waals surface area contributed by atoms with E-state index in [1.807, 2.05) is 0 Å². The first-order valence-electron chi connectivity index (χ1n) is 3.19. The van der Waals surface area contributed by atoms with Gasteiger partial charge >= 0.3 is 0 Å². The Kier molecular flexibility index (Phi) is 6.02. The van der Waals surface area contributed by atoms with Gasteiger partial charge in [-0.1, -0.05) is 0 Å². The van der Waals surface area contributed by atoms with Crippen molar-refractivity contribution >= 4 is 31.2 Å². The molecule has 0 heterocycles. The van der Waals surface area contributed by atoms with Gasteiger partial charge < -0.3 is 5.32 Å². The fourth-order valence-corrected chi connectivity index (χ4v) is 1.24. The second-order valence-electron chi connectivity index (χ2n) is 2.09. The minimum atomic E-state index is 0.000772. The lowest BCUT2D eigenvalue weighted by Crippen LogP contribution is -2.34. The molecule has 10 heavy (non-hydrogen) atoms. The zero-order valence-electron chi connectivity index (χ0n) is 6.00. The van der Waals surface area contributed by atoms with Gasteiger partial charge in [0.25, 0.3) is 0 Å². The Morgan fingerprint density at radius 3 is 2.50 bits per heavy atom. The summed E-state index contributed by atoms with van der Waals surface area (Å²) in [5, 5.41) is 2.77. The zero-order chi connectivity index (χ0) is 7.98. The van der Waals surface area contributed by atoms with Crippen molar-refractivity contribution in [2.75, 3.05) is 11.5 Å². The van der Waals surface area contributed by atoms with Crippen LogP contribution in [0.4, 0.5) is 0 Å². The van der Waals surface area contributed by atoms with E-state index in [9.17, 15) is 4.79 Å². The van der Waals surface area contributed by atoms with Crippen LogP contribution >= 0.6 is 25.3 Å². The predicted octanol–water partition coefficient (Wildman–Crippen LogP) is 0.741. The molecule has 0 aromatic rings. The molecular formula is C6H13NOS2. The zero-order valence-corrected chi connectivity index (χ0v) is 7.79.